The average Bonchev–Trinajstić information content (AvgIpc) is 2.03. The van der Waals surface area contributed by atoms with Gasteiger partial charge in [-0.2, -0.15) is 0 Å². The van der Waals surface area contributed by atoms with Gasteiger partial charge in [0.2, 0.25) is 0 Å². The molecule has 0 unspecified atom stereocenters. The van der Waals surface area contributed by atoms with Crippen LogP contribution in [0.25, 0.3) is 0 Å². The number of hydrogen-bond donors (Lipinski definition) is 1. The number of benzene rings is 1. The van der Waals surface area contributed by atoms with Crippen LogP contribution >= 0.6 is 23.2 Å². The molecule has 0 bridgehead atoms. The van der Waals surface area contributed by atoms with Crippen LogP contribution in [0, 0.1) is 0 Å². The number of halogens is 3. The van der Waals surface area contributed by atoms with E-state index in [9.17, 15) is 4.39 Å². The van der Waals surface area contributed by atoms with E-state index in [-0.39, 0.29) is 6.54 Å². The van der Waals surface area contributed by atoms with E-state index in [0.29, 0.717) is 15.6 Å². The highest BCUT2D eigenvalue weighted by Crippen LogP contribution is 2.27. The van der Waals surface area contributed by atoms with Crippen molar-refractivity contribution in [1.82, 2.24) is 0 Å². The van der Waals surface area contributed by atoms with Crippen LogP contribution in [0.4, 0.5) is 4.39 Å². The zero-order valence-electron chi connectivity index (χ0n) is 6.23. The Bertz CT molecular complexity index is 278. The summed E-state index contributed by atoms with van der Waals surface area (Å²) in [6, 6.07) is 4.63. The largest absolute Gasteiger partial charge is 0.327 e. The molecule has 0 aliphatic rings. The molecule has 0 heterocycles. The summed E-state index contributed by atoms with van der Waals surface area (Å²) in [5.74, 6) is 0. The molecular formula is C8H8Cl2FN. The first-order valence-corrected chi connectivity index (χ1v) is 4.20. The predicted octanol–water partition coefficient (Wildman–Crippen LogP) is 2.96. The van der Waals surface area contributed by atoms with Crippen molar-refractivity contribution in [3.63, 3.8) is 0 Å². The van der Waals surface area contributed by atoms with Crippen molar-refractivity contribution < 1.29 is 4.39 Å². The minimum Gasteiger partial charge on any atom is -0.327 e. The van der Waals surface area contributed by atoms with Gasteiger partial charge in [0.25, 0.3) is 0 Å². The van der Waals surface area contributed by atoms with E-state index in [1.54, 1.807) is 12.1 Å². The summed E-state index contributed by atoms with van der Waals surface area (Å²) in [7, 11) is 0. The summed E-state index contributed by atoms with van der Waals surface area (Å²) < 4.78 is 13.0. The molecular weight excluding hydrogens is 200 g/mol. The van der Waals surface area contributed by atoms with Gasteiger partial charge in [-0.15, -0.1) is 0 Å². The molecule has 1 rings (SSSR count). The molecule has 1 atom stereocenters. The maximum absolute atomic E-state index is 13.0. The van der Waals surface area contributed by atoms with Gasteiger partial charge in [-0.1, -0.05) is 29.3 Å². The van der Waals surface area contributed by atoms with Crippen LogP contribution in [-0.4, -0.2) is 6.54 Å². The average molecular weight is 208 g/mol. The van der Waals surface area contributed by atoms with Gasteiger partial charge in [0, 0.05) is 22.2 Å². The van der Waals surface area contributed by atoms with E-state index in [1.807, 2.05) is 0 Å². The van der Waals surface area contributed by atoms with Crippen LogP contribution in [-0.2, 0) is 0 Å². The maximum Gasteiger partial charge on any atom is 0.139 e. The molecule has 0 amide bonds. The van der Waals surface area contributed by atoms with Crippen molar-refractivity contribution in [1.29, 1.82) is 0 Å². The van der Waals surface area contributed by atoms with Gasteiger partial charge in [0.1, 0.15) is 6.17 Å². The quantitative estimate of drug-likeness (QED) is 0.794. The number of hydrogen-bond acceptors (Lipinski definition) is 1. The lowest BCUT2D eigenvalue weighted by molar-refractivity contribution is 0.353. The summed E-state index contributed by atoms with van der Waals surface area (Å²) in [5, 5.41) is 0.813. The summed E-state index contributed by atoms with van der Waals surface area (Å²) in [6.45, 7) is -0.0681. The zero-order chi connectivity index (χ0) is 9.14. The second-order valence-electron chi connectivity index (χ2n) is 2.37. The van der Waals surface area contributed by atoms with Crippen LogP contribution in [0.3, 0.4) is 0 Å². The predicted molar refractivity (Wildman–Crippen MR) is 49.4 cm³/mol. The lowest BCUT2D eigenvalue weighted by Gasteiger charge is -2.07. The van der Waals surface area contributed by atoms with Gasteiger partial charge >= 0.3 is 0 Å². The molecule has 1 nitrogen and oxygen atoms in total. The zero-order valence-corrected chi connectivity index (χ0v) is 7.74. The Balaban J connectivity index is 3.01. The molecule has 4 heteroatoms. The fraction of sp³-hybridized carbons (Fsp3) is 0.250. The van der Waals surface area contributed by atoms with Crippen LogP contribution < -0.4 is 5.73 Å². The first kappa shape index (κ1) is 9.78. The maximum atomic E-state index is 13.0. The van der Waals surface area contributed by atoms with E-state index in [1.165, 1.54) is 6.07 Å². The van der Waals surface area contributed by atoms with Gasteiger partial charge in [-0.25, -0.2) is 4.39 Å². The van der Waals surface area contributed by atoms with Crippen LogP contribution in [0.1, 0.15) is 11.7 Å². The minimum absolute atomic E-state index is 0.0681. The Morgan fingerprint density at radius 3 is 2.58 bits per heavy atom. The van der Waals surface area contributed by atoms with Gasteiger partial charge in [0.05, 0.1) is 0 Å². The lowest BCUT2D eigenvalue weighted by Crippen LogP contribution is -2.07. The molecule has 0 aliphatic heterocycles. The Labute approximate surface area is 80.3 Å². The third-order valence-corrected chi connectivity index (χ3v) is 2.07. The van der Waals surface area contributed by atoms with Crippen LogP contribution in [0.5, 0.6) is 0 Å². The molecule has 1 aromatic rings. The van der Waals surface area contributed by atoms with Gasteiger partial charge in [0.15, 0.2) is 0 Å². The van der Waals surface area contributed by atoms with E-state index < -0.39 is 6.17 Å². The van der Waals surface area contributed by atoms with Crippen molar-refractivity contribution in [2.45, 2.75) is 6.17 Å². The molecule has 0 spiro atoms. The summed E-state index contributed by atoms with van der Waals surface area (Å²) in [4.78, 5) is 0. The summed E-state index contributed by atoms with van der Waals surface area (Å²) in [5.41, 5.74) is 5.54. The Morgan fingerprint density at radius 1 is 1.42 bits per heavy atom. The normalized spacial score (nSPS) is 13.0. The highest BCUT2D eigenvalue weighted by Gasteiger charge is 2.11. The molecule has 0 aromatic heterocycles. The topological polar surface area (TPSA) is 26.0 Å². The Kier molecular flexibility index (Phi) is 3.32. The molecule has 66 valence electrons. The van der Waals surface area contributed by atoms with E-state index in [0.717, 1.165) is 0 Å². The third-order valence-electron chi connectivity index (χ3n) is 1.51. The standard InChI is InChI=1S/C8H8Cl2FN/c9-5-1-2-6(7(10)3-5)8(11)4-12/h1-3,8H,4,12H2/t8-/m1/s1. The SMILES string of the molecule is NC[C@@H](F)c1ccc(Cl)cc1Cl. The fourth-order valence-electron chi connectivity index (χ4n) is 0.883. The van der Waals surface area contributed by atoms with Crippen molar-refractivity contribution in [2.75, 3.05) is 6.54 Å². The Morgan fingerprint density at radius 2 is 2.08 bits per heavy atom. The summed E-state index contributed by atoms with van der Waals surface area (Å²) >= 11 is 11.3. The molecule has 0 saturated heterocycles. The van der Waals surface area contributed by atoms with Gasteiger partial charge < -0.3 is 5.73 Å². The highest BCUT2D eigenvalue weighted by molar-refractivity contribution is 6.35. The minimum atomic E-state index is -1.21. The van der Waals surface area contributed by atoms with Crippen molar-refractivity contribution >= 4 is 23.2 Å². The van der Waals surface area contributed by atoms with E-state index in [2.05, 4.69) is 0 Å². The fourth-order valence-corrected chi connectivity index (χ4v) is 1.41. The number of rotatable bonds is 2. The second-order valence-corrected chi connectivity index (χ2v) is 3.21. The molecule has 2 N–H and O–H groups in total. The molecule has 0 aliphatic carbocycles. The first-order valence-electron chi connectivity index (χ1n) is 3.44. The van der Waals surface area contributed by atoms with Crippen molar-refractivity contribution in [3.8, 4) is 0 Å². The van der Waals surface area contributed by atoms with Gasteiger partial charge in [-0.05, 0) is 12.1 Å². The molecule has 1 aromatic carbocycles. The molecule has 0 fully saturated rings. The van der Waals surface area contributed by atoms with Crippen molar-refractivity contribution in [3.05, 3.63) is 33.8 Å². The number of nitrogens with two attached hydrogens (primary N) is 1. The second kappa shape index (κ2) is 4.08. The van der Waals surface area contributed by atoms with Crippen molar-refractivity contribution in [2.24, 2.45) is 5.73 Å². The smallest absolute Gasteiger partial charge is 0.139 e. The first-order chi connectivity index (χ1) is 5.65. The molecule has 0 saturated carbocycles. The van der Waals surface area contributed by atoms with Gasteiger partial charge in [-0.3, -0.25) is 0 Å². The summed E-state index contributed by atoms with van der Waals surface area (Å²) in [6.07, 6.45) is -1.21. The molecule has 0 radical (unpaired) electrons. The Hall–Kier alpha value is -0.310. The van der Waals surface area contributed by atoms with E-state index >= 15 is 0 Å². The van der Waals surface area contributed by atoms with Crippen LogP contribution in [0.2, 0.25) is 10.0 Å². The number of alkyl halides is 1. The lowest BCUT2D eigenvalue weighted by atomic mass is 10.1. The highest BCUT2D eigenvalue weighted by atomic mass is 35.5. The monoisotopic (exact) mass is 207 g/mol. The van der Waals surface area contributed by atoms with E-state index in [4.69, 9.17) is 28.9 Å². The van der Waals surface area contributed by atoms with Crippen LogP contribution in [0.15, 0.2) is 18.2 Å². The third kappa shape index (κ3) is 2.09. The molecule has 12 heavy (non-hydrogen) atoms.